The molecule has 1 atom stereocenters. The Bertz CT molecular complexity index is 1650. The first-order valence-electron chi connectivity index (χ1n) is 15.6. The van der Waals surface area contributed by atoms with E-state index in [1.54, 1.807) is 11.0 Å². The minimum absolute atomic E-state index is 0.0767. The van der Waals surface area contributed by atoms with Crippen molar-refractivity contribution in [1.82, 2.24) is 19.8 Å². The van der Waals surface area contributed by atoms with E-state index in [9.17, 15) is 14.4 Å². The quantitative estimate of drug-likeness (QED) is 0.297. The lowest BCUT2D eigenvalue weighted by molar-refractivity contribution is -0.128. The molecule has 3 aliphatic rings. The van der Waals surface area contributed by atoms with Gasteiger partial charge in [0.25, 0.3) is 0 Å². The smallest absolute Gasteiger partial charge is 0.318 e. The van der Waals surface area contributed by atoms with Crippen molar-refractivity contribution >= 4 is 39.8 Å². The van der Waals surface area contributed by atoms with E-state index < -0.39 is 5.82 Å². The molecule has 3 heterocycles. The fourth-order valence-electron chi connectivity index (χ4n) is 7.12. The first kappa shape index (κ1) is 31.1. The standard InChI is InChI=1S/C34H39ClFN7O2/c1-4-29(44)43-18-17-42(19-24(43)11-15-37)32-25-12-16-41(28-8-5-7-23-9-10-26(36)31(35)30(23)28)20-27(25)38-33(39-32)45-22-34(13-6-14-34)21-40(2)3/h4-5,7-10,24H,1,6,11-14,16-22H2,2-3H3. The molecule has 2 aromatic carbocycles. The molecule has 1 saturated heterocycles. The van der Waals surface area contributed by atoms with Gasteiger partial charge in [-0.15, -0.1) is 0 Å². The number of amides is 1. The molecule has 1 aliphatic carbocycles. The van der Waals surface area contributed by atoms with Crippen LogP contribution in [-0.4, -0.2) is 85.1 Å². The summed E-state index contributed by atoms with van der Waals surface area (Å²) in [6.45, 7) is 7.76. The lowest BCUT2D eigenvalue weighted by Gasteiger charge is -2.43. The monoisotopic (exact) mass is 631 g/mol. The number of hydrogen-bond donors (Lipinski definition) is 0. The topological polar surface area (TPSA) is 88.8 Å². The van der Waals surface area contributed by atoms with E-state index >= 15 is 0 Å². The molecule has 1 unspecified atom stereocenters. The van der Waals surface area contributed by atoms with Crippen molar-refractivity contribution in [2.45, 2.75) is 44.7 Å². The highest BCUT2D eigenvalue weighted by Gasteiger charge is 2.39. The van der Waals surface area contributed by atoms with Crippen LogP contribution in [-0.2, 0) is 17.8 Å². The maximum Gasteiger partial charge on any atom is 0.318 e. The molecule has 1 amide bonds. The van der Waals surface area contributed by atoms with Crippen LogP contribution in [0.4, 0.5) is 15.9 Å². The van der Waals surface area contributed by atoms with Gasteiger partial charge in [-0.1, -0.05) is 42.8 Å². The molecule has 6 rings (SSSR count). The maximum absolute atomic E-state index is 14.6. The number of hydrogen-bond acceptors (Lipinski definition) is 8. The number of fused-ring (bicyclic) bond motifs is 2. The molecule has 236 valence electrons. The van der Waals surface area contributed by atoms with Crippen LogP contribution in [0.2, 0.25) is 5.02 Å². The van der Waals surface area contributed by atoms with Gasteiger partial charge in [-0.2, -0.15) is 15.2 Å². The summed E-state index contributed by atoms with van der Waals surface area (Å²) in [6, 6.07) is 11.3. The Morgan fingerprint density at radius 1 is 1.22 bits per heavy atom. The lowest BCUT2D eigenvalue weighted by Crippen LogP contribution is -2.55. The van der Waals surface area contributed by atoms with E-state index in [0.29, 0.717) is 57.1 Å². The number of aromatic nitrogens is 2. The van der Waals surface area contributed by atoms with Gasteiger partial charge >= 0.3 is 6.01 Å². The zero-order valence-electron chi connectivity index (χ0n) is 25.9. The number of anilines is 2. The zero-order valence-corrected chi connectivity index (χ0v) is 26.7. The third-order valence-electron chi connectivity index (χ3n) is 9.42. The average Bonchev–Trinajstić information content (AvgIpc) is 3.02. The van der Waals surface area contributed by atoms with Gasteiger partial charge in [0.2, 0.25) is 5.91 Å². The van der Waals surface area contributed by atoms with Crippen LogP contribution in [0.1, 0.15) is 36.9 Å². The first-order valence-corrected chi connectivity index (χ1v) is 15.9. The normalized spacial score (nSPS) is 19.2. The van der Waals surface area contributed by atoms with E-state index in [1.807, 2.05) is 18.2 Å². The average molecular weight is 632 g/mol. The van der Waals surface area contributed by atoms with Gasteiger partial charge in [0, 0.05) is 54.8 Å². The Morgan fingerprint density at radius 3 is 2.76 bits per heavy atom. The highest BCUT2D eigenvalue weighted by atomic mass is 35.5. The van der Waals surface area contributed by atoms with E-state index in [1.165, 1.54) is 18.6 Å². The first-order chi connectivity index (χ1) is 21.7. The van der Waals surface area contributed by atoms with Gasteiger partial charge in [-0.3, -0.25) is 4.79 Å². The Kier molecular flexibility index (Phi) is 8.85. The minimum Gasteiger partial charge on any atom is -0.463 e. The molecule has 2 fully saturated rings. The van der Waals surface area contributed by atoms with Crippen LogP contribution < -0.4 is 14.5 Å². The van der Waals surface area contributed by atoms with Crippen LogP contribution >= 0.6 is 11.6 Å². The Morgan fingerprint density at radius 2 is 2.04 bits per heavy atom. The number of nitriles is 1. The van der Waals surface area contributed by atoms with Crippen molar-refractivity contribution in [3.05, 3.63) is 65.1 Å². The summed E-state index contributed by atoms with van der Waals surface area (Å²) in [6.07, 6.45) is 5.57. The number of carbonyl (C=O) groups is 1. The van der Waals surface area contributed by atoms with Crippen molar-refractivity contribution in [3.63, 3.8) is 0 Å². The summed E-state index contributed by atoms with van der Waals surface area (Å²) < 4.78 is 21.0. The second-order valence-corrected chi connectivity index (χ2v) is 13.1. The minimum atomic E-state index is -0.446. The summed E-state index contributed by atoms with van der Waals surface area (Å²) in [5.41, 5.74) is 2.81. The highest BCUT2D eigenvalue weighted by Crippen LogP contribution is 2.42. The van der Waals surface area contributed by atoms with E-state index in [0.717, 1.165) is 47.5 Å². The molecule has 1 saturated carbocycles. The van der Waals surface area contributed by atoms with Crippen LogP contribution in [0.25, 0.3) is 10.8 Å². The van der Waals surface area contributed by atoms with Gasteiger partial charge in [0.05, 0.1) is 42.4 Å². The zero-order chi connectivity index (χ0) is 31.7. The third-order valence-corrected chi connectivity index (χ3v) is 9.79. The van der Waals surface area contributed by atoms with E-state index in [4.69, 9.17) is 26.3 Å². The number of rotatable bonds is 9. The molecule has 0 radical (unpaired) electrons. The van der Waals surface area contributed by atoms with Crippen molar-refractivity contribution in [3.8, 4) is 12.1 Å². The second-order valence-electron chi connectivity index (χ2n) is 12.7. The summed E-state index contributed by atoms with van der Waals surface area (Å²) in [5.74, 6) is 0.176. The lowest BCUT2D eigenvalue weighted by atomic mass is 9.69. The third kappa shape index (κ3) is 6.16. The van der Waals surface area contributed by atoms with Gasteiger partial charge in [0.15, 0.2) is 0 Å². The van der Waals surface area contributed by atoms with Gasteiger partial charge in [-0.25, -0.2) is 4.39 Å². The Labute approximate surface area is 268 Å². The number of benzene rings is 2. The predicted octanol–water partition coefficient (Wildman–Crippen LogP) is 5.21. The molecular weight excluding hydrogens is 593 g/mol. The van der Waals surface area contributed by atoms with Gasteiger partial charge < -0.3 is 24.3 Å². The molecule has 1 aromatic heterocycles. The van der Waals surface area contributed by atoms with E-state index in [2.05, 4.69) is 41.4 Å². The highest BCUT2D eigenvalue weighted by molar-refractivity contribution is 6.36. The summed E-state index contributed by atoms with van der Waals surface area (Å²) in [7, 11) is 4.17. The summed E-state index contributed by atoms with van der Waals surface area (Å²) in [4.78, 5) is 30.8. The van der Waals surface area contributed by atoms with Crippen LogP contribution in [0.15, 0.2) is 43.0 Å². The van der Waals surface area contributed by atoms with Crippen LogP contribution in [0.3, 0.4) is 0 Å². The SMILES string of the molecule is C=CC(=O)N1CCN(c2nc(OCC3(CN(C)C)CCC3)nc3c2CCN(c2cccc4ccc(F)c(Cl)c24)C3)CC1CC#N. The molecular formula is C34H39ClFN7O2. The summed E-state index contributed by atoms with van der Waals surface area (Å²) in [5, 5.41) is 11.2. The van der Waals surface area contributed by atoms with Gasteiger partial charge in [0.1, 0.15) is 11.6 Å². The van der Waals surface area contributed by atoms with Gasteiger partial charge in [-0.05, 0) is 57.0 Å². The largest absolute Gasteiger partial charge is 0.463 e. The molecule has 45 heavy (non-hydrogen) atoms. The molecule has 9 nitrogen and oxygen atoms in total. The molecule has 3 aromatic rings. The fourth-order valence-corrected chi connectivity index (χ4v) is 7.39. The van der Waals surface area contributed by atoms with E-state index in [-0.39, 0.29) is 28.8 Å². The fraction of sp³-hybridized carbons (Fsp3) is 0.471. The number of ether oxygens (including phenoxy) is 1. The van der Waals surface area contributed by atoms with Crippen molar-refractivity contribution in [2.24, 2.45) is 5.41 Å². The predicted molar refractivity (Wildman–Crippen MR) is 174 cm³/mol. The maximum atomic E-state index is 14.6. The number of piperazine rings is 1. The number of halogens is 2. The Balaban J connectivity index is 1.35. The van der Waals surface area contributed by atoms with Crippen LogP contribution in [0, 0.1) is 22.6 Å². The molecule has 0 bridgehead atoms. The van der Waals surface area contributed by atoms with Crippen molar-refractivity contribution < 1.29 is 13.9 Å². The van der Waals surface area contributed by atoms with Crippen LogP contribution in [0.5, 0.6) is 6.01 Å². The number of nitrogens with zero attached hydrogens (tertiary/aromatic N) is 7. The number of carbonyl (C=O) groups excluding carboxylic acids is 1. The molecule has 2 aliphatic heterocycles. The second kappa shape index (κ2) is 12.8. The molecule has 0 spiro atoms. The molecule has 0 N–H and O–H groups in total. The van der Waals surface area contributed by atoms with Crippen molar-refractivity contribution in [1.29, 1.82) is 5.26 Å². The Hall–Kier alpha value is -3.94. The summed E-state index contributed by atoms with van der Waals surface area (Å²) >= 11 is 6.51. The molecule has 11 heteroatoms. The van der Waals surface area contributed by atoms with Crippen molar-refractivity contribution in [2.75, 3.05) is 63.2 Å².